The van der Waals surface area contributed by atoms with Gasteiger partial charge in [0.25, 0.3) is 0 Å². The van der Waals surface area contributed by atoms with Gasteiger partial charge >= 0.3 is 0 Å². The van der Waals surface area contributed by atoms with Gasteiger partial charge in [-0.1, -0.05) is 12.1 Å². The average Bonchev–Trinajstić information content (AvgIpc) is 3.08. The molecule has 2 heterocycles. The molecule has 1 aromatic carbocycles. The molecule has 0 radical (unpaired) electrons. The third-order valence-electron chi connectivity index (χ3n) is 2.79. The summed E-state index contributed by atoms with van der Waals surface area (Å²) in [5.41, 5.74) is 3.13. The van der Waals surface area contributed by atoms with E-state index in [1.54, 1.807) is 12.3 Å². The van der Waals surface area contributed by atoms with Gasteiger partial charge in [-0.3, -0.25) is 5.10 Å². The van der Waals surface area contributed by atoms with E-state index in [0.717, 1.165) is 22.7 Å². The first-order valence-electron chi connectivity index (χ1n) is 5.89. The molecule has 3 rings (SSSR count). The van der Waals surface area contributed by atoms with Gasteiger partial charge in [0.15, 0.2) is 5.22 Å². The number of nitrogens with one attached hydrogen (secondary N) is 2. The summed E-state index contributed by atoms with van der Waals surface area (Å²) in [6.07, 6.45) is 1.74. The molecule has 2 aromatic heterocycles. The van der Waals surface area contributed by atoms with Crippen molar-refractivity contribution >= 4 is 17.3 Å². The second-order valence-electron chi connectivity index (χ2n) is 4.11. The van der Waals surface area contributed by atoms with Crippen LogP contribution in [-0.2, 0) is 6.54 Å². The van der Waals surface area contributed by atoms with Crippen LogP contribution in [0, 0.1) is 0 Å². The van der Waals surface area contributed by atoms with Gasteiger partial charge in [-0.25, -0.2) is 0 Å². The average molecular weight is 274 g/mol. The van der Waals surface area contributed by atoms with Crippen LogP contribution in [0.15, 0.2) is 53.1 Å². The molecule has 0 amide bonds. The Morgan fingerprint density at radius 1 is 1.11 bits per heavy atom. The number of anilines is 1. The standard InChI is InChI=1S/C14H12ClN3O/c15-14-6-5-12(19-14)9-16-11-3-1-10(2-4-11)13-7-8-17-18-13/h1-8,16H,9H2,(H,17,18). The van der Waals surface area contributed by atoms with Crippen molar-refractivity contribution in [3.63, 3.8) is 0 Å². The molecule has 5 heteroatoms. The first kappa shape index (κ1) is 11.9. The number of hydrogen-bond acceptors (Lipinski definition) is 3. The highest BCUT2D eigenvalue weighted by atomic mass is 35.5. The van der Waals surface area contributed by atoms with Crippen molar-refractivity contribution in [1.29, 1.82) is 0 Å². The summed E-state index contributed by atoms with van der Waals surface area (Å²) in [5.74, 6) is 0.808. The number of furan rings is 1. The van der Waals surface area contributed by atoms with Crippen LogP contribution in [0.1, 0.15) is 5.76 Å². The topological polar surface area (TPSA) is 53.9 Å². The Morgan fingerprint density at radius 3 is 2.58 bits per heavy atom. The molecule has 0 aliphatic carbocycles. The van der Waals surface area contributed by atoms with Crippen LogP contribution in [0.4, 0.5) is 5.69 Å². The molecular weight excluding hydrogens is 262 g/mol. The molecule has 96 valence electrons. The molecule has 2 N–H and O–H groups in total. The number of rotatable bonds is 4. The Hall–Kier alpha value is -2.20. The highest BCUT2D eigenvalue weighted by Gasteiger charge is 2.01. The van der Waals surface area contributed by atoms with Crippen molar-refractivity contribution in [2.75, 3.05) is 5.32 Å². The SMILES string of the molecule is Clc1ccc(CNc2ccc(-c3ccn[nH]3)cc2)o1. The molecule has 19 heavy (non-hydrogen) atoms. The van der Waals surface area contributed by atoms with Crippen LogP contribution >= 0.6 is 11.6 Å². The first-order valence-corrected chi connectivity index (χ1v) is 6.27. The van der Waals surface area contributed by atoms with Crippen LogP contribution in [0.25, 0.3) is 11.3 Å². The van der Waals surface area contributed by atoms with Gasteiger partial charge in [-0.05, 0) is 47.5 Å². The van der Waals surface area contributed by atoms with Crippen LogP contribution in [0.3, 0.4) is 0 Å². The summed E-state index contributed by atoms with van der Waals surface area (Å²) >= 11 is 5.72. The van der Waals surface area contributed by atoms with Gasteiger partial charge in [-0.15, -0.1) is 0 Å². The maximum atomic E-state index is 5.72. The lowest BCUT2D eigenvalue weighted by Gasteiger charge is -2.05. The van der Waals surface area contributed by atoms with Crippen molar-refractivity contribution in [1.82, 2.24) is 10.2 Å². The lowest BCUT2D eigenvalue weighted by Crippen LogP contribution is -1.97. The largest absolute Gasteiger partial charge is 0.448 e. The smallest absolute Gasteiger partial charge is 0.193 e. The summed E-state index contributed by atoms with van der Waals surface area (Å²) in [5, 5.41) is 10.5. The fourth-order valence-corrected chi connectivity index (χ4v) is 1.98. The Labute approximate surface area is 115 Å². The van der Waals surface area contributed by atoms with Crippen molar-refractivity contribution in [2.45, 2.75) is 6.54 Å². The highest BCUT2D eigenvalue weighted by Crippen LogP contribution is 2.20. The van der Waals surface area contributed by atoms with E-state index in [-0.39, 0.29) is 0 Å². The minimum atomic E-state index is 0.409. The zero-order chi connectivity index (χ0) is 13.1. The van der Waals surface area contributed by atoms with E-state index in [0.29, 0.717) is 11.8 Å². The van der Waals surface area contributed by atoms with Gasteiger partial charge in [0.1, 0.15) is 5.76 Å². The second kappa shape index (κ2) is 5.20. The molecule has 0 saturated heterocycles. The molecule has 4 nitrogen and oxygen atoms in total. The second-order valence-corrected chi connectivity index (χ2v) is 4.48. The number of H-pyrrole nitrogens is 1. The molecule has 0 unspecified atom stereocenters. The summed E-state index contributed by atoms with van der Waals surface area (Å²) in [6.45, 7) is 0.607. The third kappa shape index (κ3) is 2.80. The van der Waals surface area contributed by atoms with Gasteiger partial charge in [-0.2, -0.15) is 5.10 Å². The number of halogens is 1. The van der Waals surface area contributed by atoms with Gasteiger partial charge in [0, 0.05) is 11.9 Å². The minimum absolute atomic E-state index is 0.409. The summed E-state index contributed by atoms with van der Waals surface area (Å²) in [7, 11) is 0. The van der Waals surface area contributed by atoms with Gasteiger partial charge < -0.3 is 9.73 Å². The monoisotopic (exact) mass is 273 g/mol. The zero-order valence-electron chi connectivity index (χ0n) is 10.1. The fraction of sp³-hybridized carbons (Fsp3) is 0.0714. The van der Waals surface area contributed by atoms with Gasteiger partial charge in [0.2, 0.25) is 0 Å². The molecule has 0 saturated carbocycles. The summed E-state index contributed by atoms with van der Waals surface area (Å²) in [6, 6.07) is 13.6. The van der Waals surface area contributed by atoms with Crippen LogP contribution in [0.2, 0.25) is 5.22 Å². The fourth-order valence-electron chi connectivity index (χ4n) is 1.82. The van der Waals surface area contributed by atoms with Crippen molar-refractivity contribution in [2.24, 2.45) is 0 Å². The molecular formula is C14H12ClN3O. The molecule has 0 fully saturated rings. The van der Waals surface area contributed by atoms with Crippen molar-refractivity contribution < 1.29 is 4.42 Å². The molecule has 0 spiro atoms. The number of aromatic nitrogens is 2. The van der Waals surface area contributed by atoms with Crippen molar-refractivity contribution in [3.8, 4) is 11.3 Å². The van der Waals surface area contributed by atoms with Crippen LogP contribution in [-0.4, -0.2) is 10.2 Å². The zero-order valence-corrected chi connectivity index (χ0v) is 10.8. The first-order chi connectivity index (χ1) is 9.31. The lowest BCUT2D eigenvalue weighted by atomic mass is 10.1. The summed E-state index contributed by atoms with van der Waals surface area (Å²) in [4.78, 5) is 0. The minimum Gasteiger partial charge on any atom is -0.448 e. The predicted molar refractivity (Wildman–Crippen MR) is 75.1 cm³/mol. The number of benzene rings is 1. The van der Waals surface area contributed by atoms with Gasteiger partial charge in [0.05, 0.1) is 12.2 Å². The number of hydrogen-bond donors (Lipinski definition) is 2. The maximum absolute atomic E-state index is 5.72. The molecule has 0 atom stereocenters. The molecule has 3 aromatic rings. The Kier molecular flexibility index (Phi) is 3.25. The quantitative estimate of drug-likeness (QED) is 0.757. The molecule has 0 bridgehead atoms. The van der Waals surface area contributed by atoms with E-state index in [1.165, 1.54) is 0 Å². The predicted octanol–water partition coefficient (Wildman–Crippen LogP) is 3.94. The van der Waals surface area contributed by atoms with E-state index >= 15 is 0 Å². The van der Waals surface area contributed by atoms with E-state index in [1.807, 2.05) is 36.4 Å². The highest BCUT2D eigenvalue weighted by molar-refractivity contribution is 6.28. The Balaban J connectivity index is 1.66. The van der Waals surface area contributed by atoms with E-state index in [9.17, 15) is 0 Å². The lowest BCUT2D eigenvalue weighted by molar-refractivity contribution is 0.520. The van der Waals surface area contributed by atoms with Crippen LogP contribution < -0.4 is 5.32 Å². The maximum Gasteiger partial charge on any atom is 0.193 e. The third-order valence-corrected chi connectivity index (χ3v) is 3.00. The Morgan fingerprint density at radius 2 is 1.95 bits per heavy atom. The normalized spacial score (nSPS) is 10.6. The van der Waals surface area contributed by atoms with E-state index in [4.69, 9.17) is 16.0 Å². The van der Waals surface area contributed by atoms with Crippen molar-refractivity contribution in [3.05, 3.63) is 59.6 Å². The summed E-state index contributed by atoms with van der Waals surface area (Å²) < 4.78 is 5.28. The van der Waals surface area contributed by atoms with Crippen LogP contribution in [0.5, 0.6) is 0 Å². The number of nitrogens with zero attached hydrogens (tertiary/aromatic N) is 1. The van der Waals surface area contributed by atoms with E-state index in [2.05, 4.69) is 15.5 Å². The molecule has 0 aliphatic heterocycles. The number of aromatic amines is 1. The Bertz CT molecular complexity index is 644. The van der Waals surface area contributed by atoms with E-state index < -0.39 is 0 Å². The molecule has 0 aliphatic rings.